The topological polar surface area (TPSA) is 111 Å². The number of carbonyl (C=O) groups excluding carboxylic acids is 3. The standard InChI is InChI=1S/C16H31N3O4/c1-7-9-11(18-15(22)23-16(4,5)6)14(21)19-12(13(17)20)10(3)8-2/h10-12H,7-9H2,1-6H3,(H2,17,20)(H,18,22)(H,19,21)/t10-,11-,12-/m0/s1. The maximum absolute atomic E-state index is 12.4. The lowest BCUT2D eigenvalue weighted by atomic mass is 9.98. The maximum Gasteiger partial charge on any atom is 0.408 e. The summed E-state index contributed by atoms with van der Waals surface area (Å²) in [7, 11) is 0. The summed E-state index contributed by atoms with van der Waals surface area (Å²) >= 11 is 0. The van der Waals surface area contributed by atoms with Crippen LogP contribution in [0.5, 0.6) is 0 Å². The Hall–Kier alpha value is -1.79. The second-order valence-corrected chi connectivity index (χ2v) is 6.76. The van der Waals surface area contributed by atoms with Crippen LogP contribution in [0, 0.1) is 5.92 Å². The zero-order chi connectivity index (χ0) is 18.2. The molecule has 134 valence electrons. The molecule has 0 aromatic rings. The molecular formula is C16H31N3O4. The highest BCUT2D eigenvalue weighted by Crippen LogP contribution is 2.10. The first kappa shape index (κ1) is 21.2. The fourth-order valence-electron chi connectivity index (χ4n) is 1.99. The molecule has 0 aromatic carbocycles. The van der Waals surface area contributed by atoms with Gasteiger partial charge in [-0.25, -0.2) is 4.79 Å². The Morgan fingerprint density at radius 2 is 1.70 bits per heavy atom. The molecule has 0 spiro atoms. The third-order valence-corrected chi connectivity index (χ3v) is 3.40. The van der Waals surface area contributed by atoms with Crippen molar-refractivity contribution in [3.05, 3.63) is 0 Å². The van der Waals surface area contributed by atoms with Crippen molar-refractivity contribution >= 4 is 17.9 Å². The van der Waals surface area contributed by atoms with Gasteiger partial charge in [-0.05, 0) is 33.1 Å². The lowest BCUT2D eigenvalue weighted by molar-refractivity contribution is -0.129. The Bertz CT molecular complexity index is 418. The summed E-state index contributed by atoms with van der Waals surface area (Å²) in [4.78, 5) is 35.8. The van der Waals surface area contributed by atoms with Crippen LogP contribution in [-0.4, -0.2) is 35.6 Å². The van der Waals surface area contributed by atoms with Crippen LogP contribution in [0.1, 0.15) is 60.8 Å². The molecule has 7 nitrogen and oxygen atoms in total. The quantitative estimate of drug-likeness (QED) is 0.629. The predicted octanol–water partition coefficient (Wildman–Crippen LogP) is 1.70. The van der Waals surface area contributed by atoms with Crippen molar-refractivity contribution < 1.29 is 19.1 Å². The summed E-state index contributed by atoms with van der Waals surface area (Å²) in [5.41, 5.74) is 4.71. The highest BCUT2D eigenvalue weighted by molar-refractivity contribution is 5.90. The normalized spacial score (nSPS) is 15.2. The average Bonchev–Trinajstić information content (AvgIpc) is 2.40. The van der Waals surface area contributed by atoms with Crippen LogP contribution in [0.4, 0.5) is 4.79 Å². The van der Waals surface area contributed by atoms with E-state index in [0.29, 0.717) is 19.3 Å². The second kappa shape index (κ2) is 9.37. The zero-order valence-electron chi connectivity index (χ0n) is 15.1. The summed E-state index contributed by atoms with van der Waals surface area (Å²) in [5, 5.41) is 5.19. The van der Waals surface area contributed by atoms with Crippen LogP contribution in [-0.2, 0) is 14.3 Å². The van der Waals surface area contributed by atoms with Gasteiger partial charge < -0.3 is 21.1 Å². The molecule has 0 rings (SSSR count). The molecule has 0 aliphatic heterocycles. The van der Waals surface area contributed by atoms with Gasteiger partial charge in [0.15, 0.2) is 0 Å². The summed E-state index contributed by atoms with van der Waals surface area (Å²) < 4.78 is 5.16. The molecule has 0 radical (unpaired) electrons. The number of carbonyl (C=O) groups is 3. The minimum Gasteiger partial charge on any atom is -0.444 e. The highest BCUT2D eigenvalue weighted by atomic mass is 16.6. The van der Waals surface area contributed by atoms with Crippen molar-refractivity contribution in [2.24, 2.45) is 11.7 Å². The van der Waals surface area contributed by atoms with E-state index in [1.165, 1.54) is 0 Å². The van der Waals surface area contributed by atoms with Crippen LogP contribution in [0.25, 0.3) is 0 Å². The molecule has 3 atom stereocenters. The van der Waals surface area contributed by atoms with E-state index in [1.807, 2.05) is 20.8 Å². The first-order valence-corrected chi connectivity index (χ1v) is 8.11. The van der Waals surface area contributed by atoms with Crippen LogP contribution < -0.4 is 16.4 Å². The first-order valence-electron chi connectivity index (χ1n) is 8.11. The number of hydrogen-bond donors (Lipinski definition) is 3. The molecule has 0 heterocycles. The van der Waals surface area contributed by atoms with E-state index in [2.05, 4.69) is 10.6 Å². The number of primary amides is 1. The molecule has 0 saturated carbocycles. The van der Waals surface area contributed by atoms with Gasteiger partial charge in [-0.15, -0.1) is 0 Å². The summed E-state index contributed by atoms with van der Waals surface area (Å²) in [6.07, 6.45) is 1.17. The number of nitrogens with one attached hydrogen (secondary N) is 2. The third kappa shape index (κ3) is 8.42. The smallest absolute Gasteiger partial charge is 0.408 e. The molecule has 23 heavy (non-hydrogen) atoms. The van der Waals surface area contributed by atoms with Gasteiger partial charge >= 0.3 is 6.09 Å². The number of hydrogen-bond acceptors (Lipinski definition) is 4. The molecule has 3 amide bonds. The lowest BCUT2D eigenvalue weighted by Gasteiger charge is -2.26. The Kier molecular flexibility index (Phi) is 8.64. The molecule has 0 fully saturated rings. The monoisotopic (exact) mass is 329 g/mol. The largest absolute Gasteiger partial charge is 0.444 e. The number of nitrogens with two attached hydrogens (primary N) is 1. The fourth-order valence-corrected chi connectivity index (χ4v) is 1.99. The van der Waals surface area contributed by atoms with Gasteiger partial charge in [0.25, 0.3) is 0 Å². The van der Waals surface area contributed by atoms with Gasteiger partial charge in [-0.1, -0.05) is 33.6 Å². The molecule has 0 bridgehead atoms. The van der Waals surface area contributed by atoms with E-state index >= 15 is 0 Å². The van der Waals surface area contributed by atoms with Crippen molar-refractivity contribution in [3.8, 4) is 0 Å². The van der Waals surface area contributed by atoms with Crippen LogP contribution >= 0.6 is 0 Å². The Balaban J connectivity index is 4.90. The molecule has 0 unspecified atom stereocenters. The van der Waals surface area contributed by atoms with Crippen molar-refractivity contribution in [3.63, 3.8) is 0 Å². The molecule has 7 heteroatoms. The van der Waals surface area contributed by atoms with Gasteiger partial charge in [0.1, 0.15) is 17.7 Å². The minimum absolute atomic E-state index is 0.0831. The highest BCUT2D eigenvalue weighted by Gasteiger charge is 2.29. The molecule has 0 aromatic heterocycles. The number of alkyl carbamates (subject to hydrolysis) is 1. The van der Waals surface area contributed by atoms with E-state index in [9.17, 15) is 14.4 Å². The number of ether oxygens (including phenoxy) is 1. The second-order valence-electron chi connectivity index (χ2n) is 6.76. The van der Waals surface area contributed by atoms with Gasteiger partial charge in [-0.3, -0.25) is 9.59 Å². The fraction of sp³-hybridized carbons (Fsp3) is 0.812. The molecular weight excluding hydrogens is 298 g/mol. The number of amides is 3. The van der Waals surface area contributed by atoms with E-state index in [1.54, 1.807) is 20.8 Å². The van der Waals surface area contributed by atoms with E-state index in [4.69, 9.17) is 10.5 Å². The van der Waals surface area contributed by atoms with Crippen LogP contribution in [0.15, 0.2) is 0 Å². The van der Waals surface area contributed by atoms with Crippen molar-refractivity contribution in [2.75, 3.05) is 0 Å². The van der Waals surface area contributed by atoms with E-state index in [-0.39, 0.29) is 5.92 Å². The van der Waals surface area contributed by atoms with Gasteiger partial charge in [0.2, 0.25) is 11.8 Å². The Morgan fingerprint density at radius 3 is 2.09 bits per heavy atom. The van der Waals surface area contributed by atoms with E-state index < -0.39 is 35.6 Å². The molecule has 0 aliphatic rings. The lowest BCUT2D eigenvalue weighted by Crippen LogP contribution is -2.55. The first-order chi connectivity index (χ1) is 10.5. The van der Waals surface area contributed by atoms with Gasteiger partial charge in [0, 0.05) is 0 Å². The molecule has 0 aliphatic carbocycles. The van der Waals surface area contributed by atoms with Crippen LogP contribution in [0.2, 0.25) is 0 Å². The summed E-state index contributed by atoms with van der Waals surface area (Å²) in [5.74, 6) is -1.10. The zero-order valence-corrected chi connectivity index (χ0v) is 15.1. The average molecular weight is 329 g/mol. The summed E-state index contributed by atoms with van der Waals surface area (Å²) in [6.45, 7) is 10.9. The van der Waals surface area contributed by atoms with Gasteiger partial charge in [0.05, 0.1) is 0 Å². The van der Waals surface area contributed by atoms with Crippen LogP contribution in [0.3, 0.4) is 0 Å². The predicted molar refractivity (Wildman–Crippen MR) is 88.6 cm³/mol. The molecule has 4 N–H and O–H groups in total. The van der Waals surface area contributed by atoms with Gasteiger partial charge in [-0.2, -0.15) is 0 Å². The number of rotatable bonds is 8. The van der Waals surface area contributed by atoms with Crippen molar-refractivity contribution in [1.29, 1.82) is 0 Å². The van der Waals surface area contributed by atoms with Crippen molar-refractivity contribution in [1.82, 2.24) is 10.6 Å². The SMILES string of the molecule is CCC[C@H](NC(=O)OC(C)(C)C)C(=O)N[C@H](C(N)=O)[C@@H](C)CC. The maximum atomic E-state index is 12.4. The summed E-state index contributed by atoms with van der Waals surface area (Å²) in [6, 6.07) is -1.52. The Morgan fingerprint density at radius 1 is 1.13 bits per heavy atom. The third-order valence-electron chi connectivity index (χ3n) is 3.40. The van der Waals surface area contributed by atoms with E-state index in [0.717, 1.165) is 0 Å². The Labute approximate surface area is 138 Å². The molecule has 0 saturated heterocycles. The van der Waals surface area contributed by atoms with Crippen molar-refractivity contribution in [2.45, 2.75) is 78.5 Å². The minimum atomic E-state index is -0.763.